The van der Waals surface area contributed by atoms with E-state index in [1.165, 1.54) is 0 Å². The molecule has 0 spiro atoms. The Bertz CT molecular complexity index is 1050. The quantitative estimate of drug-likeness (QED) is 0.733. The third-order valence-electron chi connectivity index (χ3n) is 6.16. The molecule has 1 amide bonds. The first-order valence-corrected chi connectivity index (χ1v) is 11.7. The van der Waals surface area contributed by atoms with Crippen molar-refractivity contribution in [1.82, 2.24) is 19.8 Å². The topological polar surface area (TPSA) is 115 Å². The number of hydrogen-bond donors (Lipinski definition) is 1. The van der Waals surface area contributed by atoms with Crippen LogP contribution in [0.3, 0.4) is 0 Å². The Morgan fingerprint density at radius 1 is 1.43 bits per heavy atom. The Balaban J connectivity index is 1.61. The fourth-order valence-electron chi connectivity index (χ4n) is 4.72. The van der Waals surface area contributed by atoms with Crippen LogP contribution in [-0.2, 0) is 15.4 Å². The van der Waals surface area contributed by atoms with Gasteiger partial charge in [0.25, 0.3) is 5.91 Å². The fourth-order valence-corrected chi connectivity index (χ4v) is 5.58. The van der Waals surface area contributed by atoms with Crippen LogP contribution in [0.25, 0.3) is 0 Å². The molecule has 1 aliphatic carbocycles. The fraction of sp³-hybridized carbons (Fsp3) is 0.550. The van der Waals surface area contributed by atoms with Crippen LogP contribution in [0.1, 0.15) is 41.8 Å². The minimum absolute atomic E-state index is 0.0245. The normalized spacial score (nSPS) is 26.0. The zero-order valence-electron chi connectivity index (χ0n) is 17.3. The van der Waals surface area contributed by atoms with Gasteiger partial charge in [-0.3, -0.25) is 4.79 Å². The summed E-state index contributed by atoms with van der Waals surface area (Å²) in [5.41, 5.74) is -0.00843. The molecule has 2 aliphatic rings. The molecule has 2 fully saturated rings. The van der Waals surface area contributed by atoms with E-state index in [9.17, 15) is 13.2 Å². The maximum atomic E-state index is 13.2. The number of ether oxygens (including phenoxy) is 1. The molecular formula is C20H26N4O5S. The zero-order valence-corrected chi connectivity index (χ0v) is 18.1. The summed E-state index contributed by atoms with van der Waals surface area (Å²) in [5, 5.41) is 3.94. The lowest BCUT2D eigenvalue weighted by Gasteiger charge is -2.25. The molecule has 1 saturated carbocycles. The van der Waals surface area contributed by atoms with Crippen molar-refractivity contribution in [3.05, 3.63) is 41.5 Å². The highest BCUT2D eigenvalue weighted by atomic mass is 32.2. The summed E-state index contributed by atoms with van der Waals surface area (Å²) < 4.78 is 37.8. The molecule has 10 heteroatoms. The van der Waals surface area contributed by atoms with Gasteiger partial charge in [0, 0.05) is 24.7 Å². The molecule has 4 rings (SSSR count). The van der Waals surface area contributed by atoms with Gasteiger partial charge in [0.2, 0.25) is 15.9 Å². The van der Waals surface area contributed by atoms with E-state index in [0.717, 1.165) is 0 Å². The second-order valence-corrected chi connectivity index (χ2v) is 10.1. The molecule has 0 radical (unpaired) electrons. The van der Waals surface area contributed by atoms with E-state index in [1.54, 1.807) is 50.1 Å². The SMILES string of the molecule is CCS(=O)(=O)NC1CC2CN(C(=O)c3cccc(OC)c3)CC2(c2nc(C)no2)C1. The third kappa shape index (κ3) is 3.69. The molecule has 1 saturated heterocycles. The second kappa shape index (κ2) is 7.66. The lowest BCUT2D eigenvalue weighted by atomic mass is 9.80. The van der Waals surface area contributed by atoms with E-state index < -0.39 is 15.4 Å². The first-order chi connectivity index (χ1) is 14.3. The monoisotopic (exact) mass is 434 g/mol. The van der Waals surface area contributed by atoms with Gasteiger partial charge in [0.05, 0.1) is 18.3 Å². The van der Waals surface area contributed by atoms with Gasteiger partial charge >= 0.3 is 0 Å². The number of hydrogen-bond acceptors (Lipinski definition) is 7. The smallest absolute Gasteiger partial charge is 0.254 e. The average Bonchev–Trinajstić information content (AvgIpc) is 3.39. The van der Waals surface area contributed by atoms with E-state index in [2.05, 4.69) is 14.9 Å². The number of sulfonamides is 1. The number of likely N-dealkylation sites (tertiary alicyclic amines) is 1. The van der Waals surface area contributed by atoms with Gasteiger partial charge < -0.3 is 14.2 Å². The van der Waals surface area contributed by atoms with E-state index >= 15 is 0 Å². The maximum absolute atomic E-state index is 13.2. The number of aryl methyl sites for hydroxylation is 1. The standard InChI is InChI=1S/C20H26N4O5S/c1-4-30(26,27)23-16-9-15-11-24(18(25)14-6-5-7-17(8-14)28-3)12-20(15,10-16)19-21-13(2)22-29-19/h5-8,15-16,23H,4,9-12H2,1-3H3. The minimum Gasteiger partial charge on any atom is -0.497 e. The van der Waals surface area contributed by atoms with Crippen molar-refractivity contribution < 1.29 is 22.5 Å². The van der Waals surface area contributed by atoms with Crippen molar-refractivity contribution in [3.63, 3.8) is 0 Å². The van der Waals surface area contributed by atoms with Crippen LogP contribution in [0.4, 0.5) is 0 Å². The summed E-state index contributed by atoms with van der Waals surface area (Å²) in [6.45, 7) is 4.27. The van der Waals surface area contributed by atoms with Crippen LogP contribution < -0.4 is 9.46 Å². The summed E-state index contributed by atoms with van der Waals surface area (Å²) in [7, 11) is -1.77. The predicted molar refractivity (Wildman–Crippen MR) is 109 cm³/mol. The molecule has 1 aromatic heterocycles. The molecule has 0 bridgehead atoms. The number of benzene rings is 1. The molecule has 1 N–H and O–H groups in total. The Morgan fingerprint density at radius 2 is 2.23 bits per heavy atom. The highest BCUT2D eigenvalue weighted by Gasteiger charge is 2.58. The summed E-state index contributed by atoms with van der Waals surface area (Å²) >= 11 is 0. The second-order valence-electron chi connectivity index (χ2n) is 8.08. The van der Waals surface area contributed by atoms with Crippen molar-refractivity contribution in [2.45, 2.75) is 38.1 Å². The first kappa shape index (κ1) is 20.8. The molecule has 162 valence electrons. The number of amides is 1. The largest absolute Gasteiger partial charge is 0.497 e. The first-order valence-electron chi connectivity index (χ1n) is 10.0. The molecule has 2 aromatic rings. The molecule has 3 unspecified atom stereocenters. The highest BCUT2D eigenvalue weighted by molar-refractivity contribution is 7.89. The lowest BCUT2D eigenvalue weighted by molar-refractivity contribution is 0.0773. The van der Waals surface area contributed by atoms with Crippen LogP contribution in [0.2, 0.25) is 0 Å². The summed E-state index contributed by atoms with van der Waals surface area (Å²) in [4.78, 5) is 19.4. The van der Waals surface area contributed by atoms with Crippen molar-refractivity contribution in [2.75, 3.05) is 26.0 Å². The number of methoxy groups -OCH3 is 1. The molecule has 9 nitrogen and oxygen atoms in total. The van der Waals surface area contributed by atoms with Crippen LogP contribution in [0.15, 0.2) is 28.8 Å². The van der Waals surface area contributed by atoms with Crippen LogP contribution in [0, 0.1) is 12.8 Å². The number of aromatic nitrogens is 2. The highest BCUT2D eigenvalue weighted by Crippen LogP contribution is 2.50. The van der Waals surface area contributed by atoms with Gasteiger partial charge in [-0.1, -0.05) is 11.2 Å². The lowest BCUT2D eigenvalue weighted by Crippen LogP contribution is -2.39. The van der Waals surface area contributed by atoms with Crippen LogP contribution in [0.5, 0.6) is 5.75 Å². The van der Waals surface area contributed by atoms with Gasteiger partial charge in [-0.25, -0.2) is 13.1 Å². The minimum atomic E-state index is -3.33. The zero-order chi connectivity index (χ0) is 21.5. The van der Waals surface area contributed by atoms with Crippen molar-refractivity contribution in [3.8, 4) is 5.75 Å². The van der Waals surface area contributed by atoms with Gasteiger partial charge in [-0.15, -0.1) is 0 Å². The van der Waals surface area contributed by atoms with Gasteiger partial charge in [-0.2, -0.15) is 4.98 Å². The number of carbonyl (C=O) groups excluding carboxylic acids is 1. The van der Waals surface area contributed by atoms with E-state index in [4.69, 9.17) is 9.26 Å². The van der Waals surface area contributed by atoms with E-state index in [-0.39, 0.29) is 23.6 Å². The number of rotatable bonds is 6. The van der Waals surface area contributed by atoms with Crippen LogP contribution >= 0.6 is 0 Å². The number of carbonyl (C=O) groups is 1. The van der Waals surface area contributed by atoms with Crippen molar-refractivity contribution >= 4 is 15.9 Å². The number of fused-ring (bicyclic) bond motifs is 1. The molecular weight excluding hydrogens is 408 g/mol. The Hall–Kier alpha value is -2.46. The third-order valence-corrected chi connectivity index (χ3v) is 7.61. The molecule has 30 heavy (non-hydrogen) atoms. The summed E-state index contributed by atoms with van der Waals surface area (Å²) in [6.07, 6.45) is 1.13. The molecule has 3 atom stereocenters. The number of nitrogens with one attached hydrogen (secondary N) is 1. The molecule has 2 heterocycles. The van der Waals surface area contributed by atoms with Crippen molar-refractivity contribution in [1.29, 1.82) is 0 Å². The van der Waals surface area contributed by atoms with E-state index in [1.807, 2.05) is 0 Å². The molecule has 1 aromatic carbocycles. The molecule has 1 aliphatic heterocycles. The average molecular weight is 435 g/mol. The van der Waals surface area contributed by atoms with Crippen molar-refractivity contribution in [2.24, 2.45) is 5.92 Å². The Morgan fingerprint density at radius 3 is 2.90 bits per heavy atom. The van der Waals surface area contributed by atoms with Gasteiger partial charge in [-0.05, 0) is 50.8 Å². The summed E-state index contributed by atoms with van der Waals surface area (Å²) in [6, 6.07) is 6.85. The van der Waals surface area contributed by atoms with E-state index in [0.29, 0.717) is 49.0 Å². The van der Waals surface area contributed by atoms with Crippen LogP contribution in [-0.4, -0.2) is 61.4 Å². The van der Waals surface area contributed by atoms with Gasteiger partial charge in [0.1, 0.15) is 5.75 Å². The Labute approximate surface area is 175 Å². The maximum Gasteiger partial charge on any atom is 0.254 e. The van der Waals surface area contributed by atoms with Gasteiger partial charge in [0.15, 0.2) is 5.82 Å². The number of nitrogens with zero attached hydrogens (tertiary/aromatic N) is 3. The predicted octanol–water partition coefficient (Wildman–Crippen LogP) is 1.50. The Kier molecular flexibility index (Phi) is 5.31. The summed E-state index contributed by atoms with van der Waals surface area (Å²) in [5.74, 6) is 1.58.